The number of para-hydroxylation sites is 2. The molecule has 0 amide bonds. The Morgan fingerprint density at radius 1 is 1.03 bits per heavy atom. The number of carbonyl (C=O) groups is 1. The molecule has 0 aliphatic rings. The number of benzene rings is 2. The highest BCUT2D eigenvalue weighted by atomic mass is 32.1. The van der Waals surface area contributed by atoms with Crippen LogP contribution in [0.2, 0.25) is 0 Å². The van der Waals surface area contributed by atoms with Crippen LogP contribution in [-0.2, 0) is 0 Å². The molecule has 4 rings (SSSR count). The van der Waals surface area contributed by atoms with Crippen LogP contribution in [0.1, 0.15) is 26.6 Å². The molecule has 158 valence electrons. The number of fused-ring (bicyclic) bond motifs is 1. The number of carbonyl (C=O) groups excluding carboxylic acids is 1. The molecule has 2 aromatic carbocycles. The maximum Gasteiger partial charge on any atom is 0.203 e. The van der Waals surface area contributed by atoms with Crippen molar-refractivity contribution in [3.63, 3.8) is 0 Å². The largest absolute Gasteiger partial charge is 0.493 e. The van der Waals surface area contributed by atoms with Crippen LogP contribution < -0.4 is 14.2 Å². The first-order valence-electron chi connectivity index (χ1n) is 9.61. The molecule has 2 aromatic heterocycles. The second-order valence-electron chi connectivity index (χ2n) is 6.87. The second kappa shape index (κ2) is 8.65. The summed E-state index contributed by atoms with van der Waals surface area (Å²) in [4.78, 5) is 22.7. The highest BCUT2D eigenvalue weighted by Gasteiger charge is 2.23. The zero-order valence-electron chi connectivity index (χ0n) is 17.7. The van der Waals surface area contributed by atoms with Gasteiger partial charge in [-0.25, -0.2) is 4.98 Å². The van der Waals surface area contributed by atoms with Gasteiger partial charge in [-0.1, -0.05) is 12.1 Å². The van der Waals surface area contributed by atoms with E-state index in [2.05, 4.69) is 9.97 Å². The number of aromatic nitrogens is 2. The lowest BCUT2D eigenvalue weighted by atomic mass is 10.0. The highest BCUT2D eigenvalue weighted by Crippen LogP contribution is 2.39. The van der Waals surface area contributed by atoms with E-state index in [-0.39, 0.29) is 5.78 Å². The third-order valence-electron chi connectivity index (χ3n) is 4.99. The number of rotatable bonds is 7. The molecule has 0 aliphatic carbocycles. The van der Waals surface area contributed by atoms with Gasteiger partial charge in [-0.15, -0.1) is 11.3 Å². The molecule has 0 spiro atoms. The van der Waals surface area contributed by atoms with Crippen molar-refractivity contribution in [3.8, 4) is 17.2 Å². The molecule has 6 nitrogen and oxygen atoms in total. The molecule has 0 unspecified atom stereocenters. The molecule has 0 aliphatic heterocycles. The van der Waals surface area contributed by atoms with Crippen molar-refractivity contribution in [2.24, 2.45) is 0 Å². The first-order valence-corrected chi connectivity index (χ1v) is 10.5. The summed E-state index contributed by atoms with van der Waals surface area (Å²) in [5, 5.41) is 2.00. The van der Waals surface area contributed by atoms with Crippen LogP contribution >= 0.6 is 11.3 Å². The Morgan fingerprint density at radius 2 is 1.74 bits per heavy atom. The Bertz CT molecular complexity index is 1230. The number of H-pyrrole nitrogens is 1. The van der Waals surface area contributed by atoms with E-state index in [0.29, 0.717) is 34.2 Å². The number of hydrogen-bond acceptors (Lipinski definition) is 6. The van der Waals surface area contributed by atoms with Crippen molar-refractivity contribution in [2.45, 2.75) is 6.92 Å². The summed E-state index contributed by atoms with van der Waals surface area (Å²) in [6.07, 6.45) is 1.88. The topological polar surface area (TPSA) is 73.4 Å². The smallest absolute Gasteiger partial charge is 0.203 e. The monoisotopic (exact) mass is 434 g/mol. The van der Waals surface area contributed by atoms with Crippen molar-refractivity contribution in [1.29, 1.82) is 0 Å². The summed E-state index contributed by atoms with van der Waals surface area (Å²) in [6, 6.07) is 13.0. The average Bonchev–Trinajstić information content (AvgIpc) is 3.41. The van der Waals surface area contributed by atoms with E-state index in [1.165, 1.54) is 21.3 Å². The Labute approximate surface area is 184 Å². The van der Waals surface area contributed by atoms with Crippen molar-refractivity contribution in [3.05, 3.63) is 69.7 Å². The Morgan fingerprint density at radius 3 is 2.32 bits per heavy atom. The molecular weight excluding hydrogens is 412 g/mol. The number of Topliss-reactive ketones (excluding diaryl/α,β-unsaturated/α-hetero) is 1. The predicted molar refractivity (Wildman–Crippen MR) is 123 cm³/mol. The van der Waals surface area contributed by atoms with Crippen molar-refractivity contribution >= 4 is 39.8 Å². The fraction of sp³-hybridized carbons (Fsp3) is 0.167. The molecule has 0 bridgehead atoms. The molecule has 4 aromatic rings. The number of ketones is 1. The Kier molecular flexibility index (Phi) is 5.77. The number of aryl methyl sites for hydroxylation is 1. The number of allylic oxidation sites excluding steroid dienone is 1. The molecule has 1 N–H and O–H groups in total. The van der Waals surface area contributed by atoms with E-state index in [4.69, 9.17) is 14.2 Å². The van der Waals surface area contributed by atoms with Crippen LogP contribution in [0, 0.1) is 6.92 Å². The minimum absolute atomic E-state index is 0.203. The van der Waals surface area contributed by atoms with Crippen LogP contribution in [0.25, 0.3) is 22.7 Å². The maximum absolute atomic E-state index is 13.7. The van der Waals surface area contributed by atoms with Gasteiger partial charge in [-0.2, -0.15) is 0 Å². The first-order chi connectivity index (χ1) is 15.0. The van der Waals surface area contributed by atoms with Crippen LogP contribution in [0.3, 0.4) is 0 Å². The molecule has 31 heavy (non-hydrogen) atoms. The molecule has 0 fully saturated rings. The molecule has 0 saturated carbocycles. The molecule has 0 radical (unpaired) electrons. The summed E-state index contributed by atoms with van der Waals surface area (Å²) in [7, 11) is 4.58. The molecule has 7 heteroatoms. The van der Waals surface area contributed by atoms with Gasteiger partial charge in [0, 0.05) is 10.4 Å². The summed E-state index contributed by atoms with van der Waals surface area (Å²) in [6.45, 7) is 2.02. The number of ether oxygens (including phenoxy) is 3. The molecule has 0 atom stereocenters. The van der Waals surface area contributed by atoms with Gasteiger partial charge in [-0.3, -0.25) is 4.79 Å². The summed E-state index contributed by atoms with van der Waals surface area (Å²) in [5.74, 6) is 1.58. The zero-order chi connectivity index (χ0) is 22.0. The summed E-state index contributed by atoms with van der Waals surface area (Å²) >= 11 is 1.57. The predicted octanol–water partition coefficient (Wildman–Crippen LogP) is 5.38. The number of thiophene rings is 1. The van der Waals surface area contributed by atoms with Gasteiger partial charge in [0.1, 0.15) is 5.82 Å². The standard InChI is InChI=1S/C24H22N2O4S/c1-14-9-10-31-21(14)13-16(24-25-17-7-5-6-8-18(17)26-24)22(27)15-11-19(28-2)23(30-4)20(12-15)29-3/h5-13H,1-4H3,(H,25,26)/b16-13-. The van der Waals surface area contributed by atoms with E-state index >= 15 is 0 Å². The lowest BCUT2D eigenvalue weighted by Gasteiger charge is -2.14. The van der Waals surface area contributed by atoms with Gasteiger partial charge < -0.3 is 19.2 Å². The van der Waals surface area contributed by atoms with Crippen LogP contribution in [-0.4, -0.2) is 37.1 Å². The highest BCUT2D eigenvalue weighted by molar-refractivity contribution is 7.11. The maximum atomic E-state index is 13.7. The van der Waals surface area contributed by atoms with Crippen molar-refractivity contribution < 1.29 is 19.0 Å². The third-order valence-corrected chi connectivity index (χ3v) is 5.96. The minimum atomic E-state index is -0.203. The van der Waals surface area contributed by atoms with Gasteiger partial charge in [0.15, 0.2) is 17.3 Å². The minimum Gasteiger partial charge on any atom is -0.493 e. The Hall–Kier alpha value is -3.58. The number of imidazole rings is 1. The quantitative estimate of drug-likeness (QED) is 0.312. The van der Waals surface area contributed by atoms with Gasteiger partial charge >= 0.3 is 0 Å². The lowest BCUT2D eigenvalue weighted by Crippen LogP contribution is -2.06. The lowest BCUT2D eigenvalue weighted by molar-refractivity contribution is 0.105. The zero-order valence-corrected chi connectivity index (χ0v) is 18.5. The summed E-state index contributed by atoms with van der Waals surface area (Å²) in [5.41, 5.74) is 3.62. The van der Waals surface area contributed by atoms with E-state index in [1.54, 1.807) is 23.5 Å². The fourth-order valence-electron chi connectivity index (χ4n) is 3.35. The van der Waals surface area contributed by atoms with E-state index in [9.17, 15) is 4.79 Å². The number of nitrogens with zero attached hydrogens (tertiary/aromatic N) is 1. The molecular formula is C24H22N2O4S. The normalized spacial score (nSPS) is 11.5. The van der Waals surface area contributed by atoms with Crippen LogP contribution in [0.5, 0.6) is 17.2 Å². The molecule has 0 saturated heterocycles. The number of methoxy groups -OCH3 is 3. The third kappa shape index (κ3) is 3.92. The first kappa shape index (κ1) is 20.7. The second-order valence-corrected chi connectivity index (χ2v) is 7.82. The SMILES string of the molecule is COc1cc(C(=O)/C(=C/c2sccc2C)c2nc3ccccc3[nH]2)cc(OC)c1OC. The number of aromatic amines is 1. The number of hydrogen-bond donors (Lipinski definition) is 1. The van der Waals surface area contributed by atoms with Crippen molar-refractivity contribution in [2.75, 3.05) is 21.3 Å². The van der Waals surface area contributed by atoms with E-state index in [1.807, 2.05) is 48.7 Å². The van der Waals surface area contributed by atoms with Gasteiger partial charge in [0.2, 0.25) is 5.75 Å². The van der Waals surface area contributed by atoms with E-state index < -0.39 is 0 Å². The molecule has 2 heterocycles. The number of nitrogens with one attached hydrogen (secondary N) is 1. The average molecular weight is 435 g/mol. The van der Waals surface area contributed by atoms with Gasteiger partial charge in [0.25, 0.3) is 0 Å². The van der Waals surface area contributed by atoms with Gasteiger partial charge in [-0.05, 0) is 54.3 Å². The van der Waals surface area contributed by atoms with Crippen LogP contribution in [0.4, 0.5) is 0 Å². The van der Waals surface area contributed by atoms with Gasteiger partial charge in [0.05, 0.1) is 37.9 Å². The van der Waals surface area contributed by atoms with E-state index in [0.717, 1.165) is 21.5 Å². The fourth-order valence-corrected chi connectivity index (χ4v) is 4.21. The summed E-state index contributed by atoms with van der Waals surface area (Å²) < 4.78 is 16.2. The van der Waals surface area contributed by atoms with Crippen LogP contribution in [0.15, 0.2) is 47.8 Å². The Balaban J connectivity index is 1.89. The van der Waals surface area contributed by atoms with Crippen molar-refractivity contribution in [1.82, 2.24) is 9.97 Å².